The van der Waals surface area contributed by atoms with E-state index >= 15 is 0 Å². The minimum Gasteiger partial charge on any atom is -0.494 e. The Labute approximate surface area is 158 Å². The van der Waals surface area contributed by atoms with Gasteiger partial charge in [0.05, 0.1) is 6.61 Å². The van der Waals surface area contributed by atoms with Crippen molar-refractivity contribution in [2.45, 2.75) is 26.7 Å². The number of anilines is 1. The van der Waals surface area contributed by atoms with Gasteiger partial charge in [0.2, 0.25) is 0 Å². The van der Waals surface area contributed by atoms with Crippen LogP contribution in [-0.4, -0.2) is 25.1 Å². The first-order valence-electron chi connectivity index (χ1n) is 8.42. The van der Waals surface area contributed by atoms with Crippen molar-refractivity contribution in [2.24, 2.45) is 0 Å². The Kier molecular flexibility index (Phi) is 7.48. The van der Waals surface area contributed by atoms with Crippen LogP contribution in [0, 0.1) is 6.92 Å². The van der Waals surface area contributed by atoms with Gasteiger partial charge in [-0.25, -0.2) is 0 Å². The summed E-state index contributed by atoms with van der Waals surface area (Å²) in [4.78, 5) is 23.8. The average molecular weight is 376 g/mol. The number of carbonyl (C=O) groups is 2. The lowest BCUT2D eigenvalue weighted by molar-refractivity contribution is -0.147. The maximum atomic E-state index is 11.9. The molecule has 0 radical (unpaired) electrons. The molecule has 138 valence electrons. The molecule has 0 saturated heterocycles. The SMILES string of the molecule is CCOc1ccccc1CCC(=O)OCC(=O)Nc1cccc(Cl)c1C. The van der Waals surface area contributed by atoms with Crippen LogP contribution >= 0.6 is 11.6 Å². The molecule has 6 heteroatoms. The first-order valence-corrected chi connectivity index (χ1v) is 8.80. The number of esters is 1. The second-order valence-corrected chi connectivity index (χ2v) is 6.07. The molecule has 0 spiro atoms. The maximum absolute atomic E-state index is 11.9. The Bertz CT molecular complexity index is 776. The van der Waals surface area contributed by atoms with Crippen molar-refractivity contribution >= 4 is 29.2 Å². The second-order valence-electron chi connectivity index (χ2n) is 5.66. The lowest BCUT2D eigenvalue weighted by Gasteiger charge is -2.11. The molecule has 0 atom stereocenters. The zero-order chi connectivity index (χ0) is 18.9. The number of hydrogen-bond acceptors (Lipinski definition) is 4. The van der Waals surface area contributed by atoms with Crippen molar-refractivity contribution in [2.75, 3.05) is 18.5 Å². The standard InChI is InChI=1S/C20H22ClNO4/c1-3-25-18-10-5-4-7-15(18)11-12-20(24)26-13-19(23)22-17-9-6-8-16(21)14(17)2/h4-10H,3,11-13H2,1-2H3,(H,22,23). The van der Waals surface area contributed by atoms with E-state index in [1.807, 2.05) is 31.2 Å². The van der Waals surface area contributed by atoms with Crippen LogP contribution in [0.2, 0.25) is 5.02 Å². The van der Waals surface area contributed by atoms with Gasteiger partial charge in [-0.2, -0.15) is 0 Å². The van der Waals surface area contributed by atoms with Gasteiger partial charge in [-0.05, 0) is 49.6 Å². The van der Waals surface area contributed by atoms with Crippen LogP contribution in [0.5, 0.6) is 5.75 Å². The smallest absolute Gasteiger partial charge is 0.306 e. The molecule has 0 bridgehead atoms. The molecule has 0 saturated carbocycles. The normalized spacial score (nSPS) is 10.3. The predicted molar refractivity (Wildman–Crippen MR) is 102 cm³/mol. The highest BCUT2D eigenvalue weighted by Crippen LogP contribution is 2.23. The van der Waals surface area contributed by atoms with Crippen LogP contribution < -0.4 is 10.1 Å². The van der Waals surface area contributed by atoms with Gasteiger partial charge < -0.3 is 14.8 Å². The average Bonchev–Trinajstić information content (AvgIpc) is 2.63. The molecule has 1 amide bonds. The third kappa shape index (κ3) is 5.77. The fraction of sp³-hybridized carbons (Fsp3) is 0.300. The molecule has 0 aliphatic rings. The molecule has 0 aliphatic heterocycles. The van der Waals surface area contributed by atoms with E-state index in [4.69, 9.17) is 21.1 Å². The van der Waals surface area contributed by atoms with Gasteiger partial charge in [0.15, 0.2) is 6.61 Å². The van der Waals surface area contributed by atoms with Crippen LogP contribution in [0.25, 0.3) is 0 Å². The van der Waals surface area contributed by atoms with Gasteiger partial charge in [0.25, 0.3) is 5.91 Å². The zero-order valence-corrected chi connectivity index (χ0v) is 15.6. The lowest BCUT2D eigenvalue weighted by Crippen LogP contribution is -2.21. The summed E-state index contributed by atoms with van der Waals surface area (Å²) >= 11 is 6.01. The van der Waals surface area contributed by atoms with E-state index in [1.54, 1.807) is 25.1 Å². The van der Waals surface area contributed by atoms with E-state index in [2.05, 4.69) is 5.32 Å². The van der Waals surface area contributed by atoms with Crippen molar-refractivity contribution in [3.63, 3.8) is 0 Å². The Balaban J connectivity index is 1.80. The van der Waals surface area contributed by atoms with Crippen LogP contribution in [0.1, 0.15) is 24.5 Å². The Morgan fingerprint density at radius 1 is 1.12 bits per heavy atom. The van der Waals surface area contributed by atoms with Crippen molar-refractivity contribution in [3.05, 3.63) is 58.6 Å². The fourth-order valence-corrected chi connectivity index (χ4v) is 2.57. The Morgan fingerprint density at radius 2 is 1.88 bits per heavy atom. The Morgan fingerprint density at radius 3 is 2.65 bits per heavy atom. The van der Waals surface area contributed by atoms with E-state index in [0.717, 1.165) is 16.9 Å². The largest absolute Gasteiger partial charge is 0.494 e. The topological polar surface area (TPSA) is 64.6 Å². The second kappa shape index (κ2) is 9.82. The number of halogens is 1. The lowest BCUT2D eigenvalue weighted by atomic mass is 10.1. The summed E-state index contributed by atoms with van der Waals surface area (Å²) < 4.78 is 10.6. The number of para-hydroxylation sites is 1. The summed E-state index contributed by atoms with van der Waals surface area (Å²) in [6, 6.07) is 12.8. The molecular formula is C20H22ClNO4. The quantitative estimate of drug-likeness (QED) is 0.703. The first kappa shape index (κ1) is 19.8. The molecule has 5 nitrogen and oxygen atoms in total. The maximum Gasteiger partial charge on any atom is 0.306 e. The van der Waals surface area contributed by atoms with Gasteiger partial charge in [0, 0.05) is 17.1 Å². The Hall–Kier alpha value is -2.53. The van der Waals surface area contributed by atoms with Gasteiger partial charge in [-0.3, -0.25) is 9.59 Å². The molecule has 2 aromatic rings. The molecule has 0 fully saturated rings. The molecule has 0 unspecified atom stereocenters. The summed E-state index contributed by atoms with van der Waals surface area (Å²) in [6.45, 7) is 3.94. The van der Waals surface area contributed by atoms with Crippen LogP contribution in [-0.2, 0) is 20.7 Å². The van der Waals surface area contributed by atoms with Crippen LogP contribution in [0.15, 0.2) is 42.5 Å². The third-order valence-electron chi connectivity index (χ3n) is 3.78. The van der Waals surface area contributed by atoms with E-state index < -0.39 is 11.9 Å². The summed E-state index contributed by atoms with van der Waals surface area (Å²) in [6.07, 6.45) is 0.664. The number of nitrogens with one attached hydrogen (secondary N) is 1. The van der Waals surface area contributed by atoms with E-state index in [1.165, 1.54) is 0 Å². The van der Waals surface area contributed by atoms with Crippen molar-refractivity contribution in [1.29, 1.82) is 0 Å². The molecule has 1 N–H and O–H groups in total. The minimum absolute atomic E-state index is 0.174. The molecule has 0 heterocycles. The van der Waals surface area contributed by atoms with Gasteiger partial charge in [0.1, 0.15) is 5.75 Å². The number of ether oxygens (including phenoxy) is 2. The van der Waals surface area contributed by atoms with E-state index in [-0.39, 0.29) is 13.0 Å². The molecule has 0 aliphatic carbocycles. The van der Waals surface area contributed by atoms with Crippen LogP contribution in [0.3, 0.4) is 0 Å². The molecular weight excluding hydrogens is 354 g/mol. The van der Waals surface area contributed by atoms with Crippen LogP contribution in [0.4, 0.5) is 5.69 Å². The molecule has 26 heavy (non-hydrogen) atoms. The van der Waals surface area contributed by atoms with E-state index in [0.29, 0.717) is 23.7 Å². The number of amides is 1. The highest BCUT2D eigenvalue weighted by atomic mass is 35.5. The van der Waals surface area contributed by atoms with Crippen molar-refractivity contribution in [1.82, 2.24) is 0 Å². The highest BCUT2D eigenvalue weighted by molar-refractivity contribution is 6.31. The molecule has 2 aromatic carbocycles. The number of hydrogen-bond donors (Lipinski definition) is 1. The highest BCUT2D eigenvalue weighted by Gasteiger charge is 2.11. The first-order chi connectivity index (χ1) is 12.5. The molecule has 0 aromatic heterocycles. The summed E-state index contributed by atoms with van der Waals surface area (Å²) in [5.74, 6) is -0.0790. The zero-order valence-electron chi connectivity index (χ0n) is 14.9. The fourth-order valence-electron chi connectivity index (χ4n) is 2.39. The van der Waals surface area contributed by atoms with Gasteiger partial charge >= 0.3 is 5.97 Å². The number of carbonyl (C=O) groups excluding carboxylic acids is 2. The van der Waals surface area contributed by atoms with Gasteiger partial charge in [-0.1, -0.05) is 35.9 Å². The minimum atomic E-state index is -0.436. The summed E-state index contributed by atoms with van der Waals surface area (Å²) in [7, 11) is 0. The van der Waals surface area contributed by atoms with Crippen molar-refractivity contribution in [3.8, 4) is 5.75 Å². The molecule has 2 rings (SSSR count). The van der Waals surface area contributed by atoms with Gasteiger partial charge in [-0.15, -0.1) is 0 Å². The number of rotatable bonds is 8. The van der Waals surface area contributed by atoms with E-state index in [9.17, 15) is 9.59 Å². The summed E-state index contributed by atoms with van der Waals surface area (Å²) in [5, 5.41) is 3.25. The monoisotopic (exact) mass is 375 g/mol. The predicted octanol–water partition coefficient (Wildman–Crippen LogP) is 4.16. The number of benzene rings is 2. The number of aryl methyl sites for hydroxylation is 1. The van der Waals surface area contributed by atoms with Crippen molar-refractivity contribution < 1.29 is 19.1 Å². The summed E-state index contributed by atoms with van der Waals surface area (Å²) in [5.41, 5.74) is 2.30. The third-order valence-corrected chi connectivity index (χ3v) is 4.19.